The Morgan fingerprint density at radius 3 is 2.62 bits per heavy atom. The fraction of sp³-hybridized carbons (Fsp3) is 0.708. The van der Waals surface area contributed by atoms with Gasteiger partial charge in [0, 0.05) is 25.4 Å². The quantitative estimate of drug-likeness (QED) is 0.568. The van der Waals surface area contributed by atoms with E-state index < -0.39 is 5.60 Å². The van der Waals surface area contributed by atoms with Crippen LogP contribution in [-0.2, 0) is 9.53 Å². The first kappa shape index (κ1) is 22.1. The van der Waals surface area contributed by atoms with Gasteiger partial charge in [-0.1, -0.05) is 13.8 Å². The third-order valence-corrected chi connectivity index (χ3v) is 6.15. The summed E-state index contributed by atoms with van der Waals surface area (Å²) >= 11 is 0. The van der Waals surface area contributed by atoms with Crippen molar-refractivity contribution in [1.82, 2.24) is 4.90 Å². The Morgan fingerprint density at radius 1 is 1.17 bits per heavy atom. The van der Waals surface area contributed by atoms with Crippen LogP contribution in [0.25, 0.3) is 0 Å². The summed E-state index contributed by atoms with van der Waals surface area (Å²) in [5.74, 6) is 1.67. The number of likely N-dealkylation sites (tertiary alicyclic amines) is 1. The van der Waals surface area contributed by atoms with E-state index in [0.717, 1.165) is 69.0 Å². The average Bonchev–Trinajstić information content (AvgIpc) is 3.21. The monoisotopic (exact) mass is 402 g/mol. The van der Waals surface area contributed by atoms with Crippen LogP contribution in [0.5, 0.6) is 5.75 Å². The van der Waals surface area contributed by atoms with Gasteiger partial charge in [0.15, 0.2) is 0 Å². The molecule has 2 fully saturated rings. The maximum absolute atomic E-state index is 12.8. The second-order valence-corrected chi connectivity index (χ2v) is 8.78. The molecule has 5 heteroatoms. The number of benzene rings is 1. The highest BCUT2D eigenvalue weighted by Crippen LogP contribution is 2.34. The molecule has 2 aliphatic rings. The molecule has 0 bridgehead atoms. The van der Waals surface area contributed by atoms with Gasteiger partial charge in [-0.15, -0.1) is 0 Å². The van der Waals surface area contributed by atoms with Crippen molar-refractivity contribution in [2.45, 2.75) is 70.8 Å². The topological polar surface area (TPSA) is 50.8 Å². The van der Waals surface area contributed by atoms with Crippen molar-refractivity contribution in [1.29, 1.82) is 0 Å². The number of hydrogen-bond acceptors (Lipinski definition) is 4. The van der Waals surface area contributed by atoms with Crippen molar-refractivity contribution in [3.63, 3.8) is 0 Å². The first-order chi connectivity index (χ1) is 14.1. The van der Waals surface area contributed by atoms with Crippen LogP contribution in [0.4, 0.5) is 5.69 Å². The van der Waals surface area contributed by atoms with E-state index in [0.29, 0.717) is 6.61 Å². The highest BCUT2D eigenvalue weighted by molar-refractivity contribution is 5.97. The van der Waals surface area contributed by atoms with Gasteiger partial charge < -0.3 is 19.7 Å². The lowest BCUT2D eigenvalue weighted by Gasteiger charge is -2.30. The van der Waals surface area contributed by atoms with E-state index in [-0.39, 0.29) is 5.91 Å². The number of amides is 1. The average molecular weight is 403 g/mol. The fourth-order valence-corrected chi connectivity index (χ4v) is 4.53. The van der Waals surface area contributed by atoms with E-state index in [2.05, 4.69) is 24.1 Å². The predicted octanol–water partition coefficient (Wildman–Crippen LogP) is 4.87. The van der Waals surface area contributed by atoms with Crippen molar-refractivity contribution in [2.24, 2.45) is 5.92 Å². The van der Waals surface area contributed by atoms with E-state index in [9.17, 15) is 4.79 Å². The third kappa shape index (κ3) is 6.45. The number of ether oxygens (including phenoxy) is 2. The Kier molecular flexibility index (Phi) is 8.37. The molecule has 1 amide bonds. The molecule has 3 rings (SSSR count). The standard InChI is InChI=1S/C24H38N2O3/c1-3-17-29-24(13-4-5-14-24)23(27)25-21-9-11-22(12-10-21)28-18-7-16-26-15-6-8-20(2)19-26/h9-12,20H,3-8,13-19H2,1-2H3,(H,25,27)/t20-/m1/s1. The van der Waals surface area contributed by atoms with Crippen LogP contribution in [-0.4, -0.2) is 49.3 Å². The number of anilines is 1. The van der Waals surface area contributed by atoms with Crippen LogP contribution in [0.3, 0.4) is 0 Å². The fourth-order valence-electron chi connectivity index (χ4n) is 4.53. The largest absolute Gasteiger partial charge is 0.494 e. The number of carbonyl (C=O) groups is 1. The second kappa shape index (κ2) is 11.0. The summed E-state index contributed by atoms with van der Waals surface area (Å²) in [5, 5.41) is 3.05. The maximum atomic E-state index is 12.8. The third-order valence-electron chi connectivity index (χ3n) is 6.15. The molecule has 1 atom stereocenters. The molecule has 1 heterocycles. The zero-order chi connectivity index (χ0) is 20.5. The molecule has 162 valence electrons. The van der Waals surface area contributed by atoms with Crippen LogP contribution < -0.4 is 10.1 Å². The van der Waals surface area contributed by atoms with Crippen molar-refractivity contribution >= 4 is 11.6 Å². The number of carbonyl (C=O) groups excluding carboxylic acids is 1. The first-order valence-corrected chi connectivity index (χ1v) is 11.5. The summed E-state index contributed by atoms with van der Waals surface area (Å²) in [6.07, 6.45) is 8.40. The minimum absolute atomic E-state index is 0.00659. The lowest BCUT2D eigenvalue weighted by atomic mass is 10.0. The predicted molar refractivity (Wildman–Crippen MR) is 117 cm³/mol. The van der Waals surface area contributed by atoms with Crippen molar-refractivity contribution in [3.05, 3.63) is 24.3 Å². The summed E-state index contributed by atoms with van der Waals surface area (Å²) in [4.78, 5) is 15.4. The molecule has 0 aromatic heterocycles. The number of rotatable bonds is 10. The molecule has 0 spiro atoms. The molecule has 1 N–H and O–H groups in total. The molecule has 0 radical (unpaired) electrons. The summed E-state index contributed by atoms with van der Waals surface area (Å²) in [7, 11) is 0. The summed E-state index contributed by atoms with van der Waals surface area (Å²) < 4.78 is 11.9. The van der Waals surface area contributed by atoms with E-state index in [1.54, 1.807) is 0 Å². The van der Waals surface area contributed by atoms with Crippen molar-refractivity contribution in [2.75, 3.05) is 38.2 Å². The second-order valence-electron chi connectivity index (χ2n) is 8.78. The molecule has 1 aliphatic heterocycles. The maximum Gasteiger partial charge on any atom is 0.256 e. The lowest BCUT2D eigenvalue weighted by Crippen LogP contribution is -2.43. The molecule has 29 heavy (non-hydrogen) atoms. The van der Waals surface area contributed by atoms with E-state index in [1.165, 1.54) is 25.9 Å². The zero-order valence-electron chi connectivity index (χ0n) is 18.3. The van der Waals surface area contributed by atoms with Gasteiger partial charge in [-0.25, -0.2) is 0 Å². The van der Waals surface area contributed by atoms with Crippen molar-refractivity contribution < 1.29 is 14.3 Å². The van der Waals surface area contributed by atoms with E-state index >= 15 is 0 Å². The number of piperidine rings is 1. The molecule has 1 saturated carbocycles. The molecule has 5 nitrogen and oxygen atoms in total. The van der Waals surface area contributed by atoms with Gasteiger partial charge >= 0.3 is 0 Å². The van der Waals surface area contributed by atoms with Gasteiger partial charge in [-0.3, -0.25) is 4.79 Å². The Labute approximate surface area is 176 Å². The molecular weight excluding hydrogens is 364 g/mol. The molecule has 1 aliphatic carbocycles. The minimum atomic E-state index is -0.642. The van der Waals surface area contributed by atoms with Gasteiger partial charge in [0.2, 0.25) is 0 Å². The molecule has 1 aromatic carbocycles. The van der Waals surface area contributed by atoms with Gasteiger partial charge in [0.05, 0.1) is 6.61 Å². The molecule has 1 saturated heterocycles. The molecular formula is C24H38N2O3. The first-order valence-electron chi connectivity index (χ1n) is 11.5. The summed E-state index contributed by atoms with van der Waals surface area (Å²) in [6, 6.07) is 7.71. The summed E-state index contributed by atoms with van der Waals surface area (Å²) in [5.41, 5.74) is 0.160. The number of nitrogens with zero attached hydrogens (tertiary/aromatic N) is 1. The van der Waals surface area contributed by atoms with Gasteiger partial charge in [0.1, 0.15) is 11.4 Å². The van der Waals surface area contributed by atoms with E-state index in [1.807, 2.05) is 24.3 Å². The van der Waals surface area contributed by atoms with Crippen LogP contribution >= 0.6 is 0 Å². The molecule has 1 aromatic rings. The highest BCUT2D eigenvalue weighted by Gasteiger charge is 2.42. The van der Waals surface area contributed by atoms with E-state index in [4.69, 9.17) is 9.47 Å². The van der Waals surface area contributed by atoms with Crippen LogP contribution in [0, 0.1) is 5.92 Å². The Balaban J connectivity index is 1.41. The van der Waals surface area contributed by atoms with Crippen molar-refractivity contribution in [3.8, 4) is 5.75 Å². The minimum Gasteiger partial charge on any atom is -0.494 e. The van der Waals surface area contributed by atoms with Crippen LogP contribution in [0.15, 0.2) is 24.3 Å². The van der Waals surface area contributed by atoms with Gasteiger partial charge in [-0.2, -0.15) is 0 Å². The zero-order valence-corrected chi connectivity index (χ0v) is 18.3. The van der Waals surface area contributed by atoms with Gasteiger partial charge in [0.25, 0.3) is 5.91 Å². The number of nitrogens with one attached hydrogen (secondary N) is 1. The SMILES string of the molecule is CCCOC1(C(=O)Nc2ccc(OCCCN3CCC[C@@H](C)C3)cc2)CCCC1. The highest BCUT2D eigenvalue weighted by atomic mass is 16.5. The Bertz CT molecular complexity index is 626. The lowest BCUT2D eigenvalue weighted by molar-refractivity contribution is -0.140. The van der Waals surface area contributed by atoms with Crippen LogP contribution in [0.1, 0.15) is 65.2 Å². The number of hydrogen-bond donors (Lipinski definition) is 1. The normalized spacial score (nSPS) is 21.8. The van der Waals surface area contributed by atoms with Crippen LogP contribution in [0.2, 0.25) is 0 Å². The molecule has 0 unspecified atom stereocenters. The Hall–Kier alpha value is -1.59. The van der Waals surface area contributed by atoms with Gasteiger partial charge in [-0.05, 0) is 88.1 Å². The Morgan fingerprint density at radius 2 is 1.93 bits per heavy atom. The smallest absolute Gasteiger partial charge is 0.256 e. The summed E-state index contributed by atoms with van der Waals surface area (Å²) in [6.45, 7) is 9.33.